The van der Waals surface area contributed by atoms with Crippen molar-refractivity contribution < 1.29 is 19.4 Å². The summed E-state index contributed by atoms with van der Waals surface area (Å²) in [6, 6.07) is 8.59. The summed E-state index contributed by atoms with van der Waals surface area (Å²) >= 11 is 1.65. The van der Waals surface area contributed by atoms with Gasteiger partial charge in [-0.05, 0) is 38.7 Å². The van der Waals surface area contributed by atoms with Crippen LogP contribution in [-0.2, 0) is 16.0 Å². The number of unbranched alkanes of at least 4 members (excludes halogenated alkanes) is 1. The molecule has 1 aromatic heterocycles. The third kappa shape index (κ3) is 7.27. The Morgan fingerprint density at radius 3 is 2.56 bits per heavy atom. The molecule has 8 heteroatoms. The lowest BCUT2D eigenvalue weighted by atomic mass is 9.67. The molecule has 0 aliphatic heterocycles. The van der Waals surface area contributed by atoms with Gasteiger partial charge in [0.05, 0.1) is 23.7 Å². The van der Waals surface area contributed by atoms with Gasteiger partial charge < -0.3 is 20.5 Å². The quantitative estimate of drug-likeness (QED) is 0.403. The molecule has 2 amide bonds. The molecule has 7 nitrogen and oxygen atoms in total. The van der Waals surface area contributed by atoms with Gasteiger partial charge in [-0.15, -0.1) is 11.3 Å². The molecule has 186 valence electrons. The predicted octanol–water partition coefficient (Wildman–Crippen LogP) is 4.69. The van der Waals surface area contributed by atoms with E-state index in [-0.39, 0.29) is 11.5 Å². The molecule has 3 atom stereocenters. The van der Waals surface area contributed by atoms with Gasteiger partial charge in [0.15, 0.2) is 6.10 Å². The Kier molecular flexibility index (Phi) is 9.47. The van der Waals surface area contributed by atoms with Crippen molar-refractivity contribution in [2.45, 2.75) is 83.9 Å². The number of carbonyl (C=O) groups excluding carboxylic acids is 2. The summed E-state index contributed by atoms with van der Waals surface area (Å²) in [4.78, 5) is 29.9. The lowest BCUT2D eigenvalue weighted by Gasteiger charge is -2.40. The number of nitrogens with one attached hydrogen (secondary N) is 2. The molecule has 0 spiro atoms. The number of amides is 2. The lowest BCUT2D eigenvalue weighted by Crippen LogP contribution is -2.51. The van der Waals surface area contributed by atoms with Crippen LogP contribution in [0.5, 0.6) is 0 Å². The first-order valence-electron chi connectivity index (χ1n) is 12.2. The van der Waals surface area contributed by atoms with Crippen LogP contribution >= 0.6 is 11.3 Å². The molecule has 0 radical (unpaired) electrons. The van der Waals surface area contributed by atoms with Crippen molar-refractivity contribution in [1.82, 2.24) is 15.6 Å². The molecule has 1 fully saturated rings. The van der Waals surface area contributed by atoms with Crippen LogP contribution in [0, 0.1) is 12.3 Å². The number of thiazole rings is 1. The first-order valence-corrected chi connectivity index (χ1v) is 13.1. The third-order valence-electron chi connectivity index (χ3n) is 6.60. The number of aromatic nitrogens is 1. The molecule has 1 aromatic carbocycles. The molecule has 2 aromatic rings. The maximum atomic E-state index is 12.7. The number of ether oxygens (including phenoxy) is 1. The van der Waals surface area contributed by atoms with Gasteiger partial charge in [0.25, 0.3) is 5.91 Å². The molecule has 3 rings (SSSR count). The van der Waals surface area contributed by atoms with Crippen LogP contribution in [0.3, 0.4) is 0 Å². The fourth-order valence-corrected chi connectivity index (χ4v) is 5.25. The molecular formula is C26H37N3O4S. The molecule has 1 unspecified atom stereocenters. The van der Waals surface area contributed by atoms with Crippen molar-refractivity contribution >= 4 is 23.3 Å². The first-order chi connectivity index (χ1) is 16.3. The monoisotopic (exact) mass is 487 g/mol. The Morgan fingerprint density at radius 1 is 1.24 bits per heavy atom. The van der Waals surface area contributed by atoms with Crippen LogP contribution in [0.1, 0.15) is 74.7 Å². The molecule has 1 saturated carbocycles. The van der Waals surface area contributed by atoms with Crippen molar-refractivity contribution in [2.75, 3.05) is 6.61 Å². The van der Waals surface area contributed by atoms with E-state index < -0.39 is 24.1 Å². The molecule has 3 N–H and O–H groups in total. The van der Waals surface area contributed by atoms with Gasteiger partial charge in [0.2, 0.25) is 0 Å². The number of carbonyl (C=O) groups is 2. The van der Waals surface area contributed by atoms with E-state index in [9.17, 15) is 14.7 Å². The van der Waals surface area contributed by atoms with Gasteiger partial charge in [-0.1, -0.05) is 56.5 Å². The highest BCUT2D eigenvalue weighted by molar-refractivity contribution is 7.09. The molecular weight excluding hydrogens is 450 g/mol. The summed E-state index contributed by atoms with van der Waals surface area (Å²) in [5, 5.41) is 19.4. The smallest absolute Gasteiger partial charge is 0.407 e. The lowest BCUT2D eigenvalue weighted by molar-refractivity contribution is -0.131. The number of aliphatic hydroxyl groups is 1. The molecule has 1 heterocycles. The predicted molar refractivity (Wildman–Crippen MR) is 134 cm³/mol. The number of hydrogen-bond donors (Lipinski definition) is 3. The highest BCUT2D eigenvalue weighted by Crippen LogP contribution is 2.44. The Balaban J connectivity index is 1.54. The summed E-state index contributed by atoms with van der Waals surface area (Å²) in [6.07, 6.45) is 4.12. The van der Waals surface area contributed by atoms with Gasteiger partial charge in [0.1, 0.15) is 0 Å². The van der Waals surface area contributed by atoms with E-state index in [2.05, 4.69) is 15.6 Å². The summed E-state index contributed by atoms with van der Waals surface area (Å²) in [5.41, 5.74) is 1.89. The topological polar surface area (TPSA) is 101 Å². The second kappa shape index (κ2) is 12.3. The van der Waals surface area contributed by atoms with Crippen molar-refractivity contribution in [3.05, 3.63) is 52.0 Å². The number of hydrogen-bond acceptors (Lipinski definition) is 6. The van der Waals surface area contributed by atoms with Crippen molar-refractivity contribution in [3.8, 4) is 0 Å². The third-order valence-corrected chi connectivity index (χ3v) is 7.56. The van der Waals surface area contributed by atoms with Gasteiger partial charge in [-0.2, -0.15) is 0 Å². The average molecular weight is 488 g/mol. The van der Waals surface area contributed by atoms with Gasteiger partial charge >= 0.3 is 6.09 Å². The molecule has 1 aliphatic carbocycles. The number of benzene rings is 1. The first kappa shape index (κ1) is 26.2. The Hall–Kier alpha value is -2.45. The van der Waals surface area contributed by atoms with Crippen molar-refractivity contribution in [3.63, 3.8) is 0 Å². The molecule has 0 bridgehead atoms. The van der Waals surface area contributed by atoms with E-state index in [0.717, 1.165) is 54.8 Å². The Bertz CT molecular complexity index is 929. The van der Waals surface area contributed by atoms with Crippen molar-refractivity contribution in [2.24, 2.45) is 5.41 Å². The van der Waals surface area contributed by atoms with Gasteiger partial charge in [-0.3, -0.25) is 4.79 Å². The van der Waals surface area contributed by atoms with Crippen LogP contribution in [0.4, 0.5) is 4.79 Å². The fourth-order valence-electron chi connectivity index (χ4n) is 4.30. The largest absolute Gasteiger partial charge is 0.449 e. The Labute approximate surface area is 206 Å². The average Bonchev–Trinajstić information content (AvgIpc) is 3.22. The van der Waals surface area contributed by atoms with E-state index in [4.69, 9.17) is 4.74 Å². The number of rotatable bonds is 12. The van der Waals surface area contributed by atoms with Crippen LogP contribution in [0.2, 0.25) is 0 Å². The van der Waals surface area contributed by atoms with E-state index >= 15 is 0 Å². The zero-order chi connectivity index (χ0) is 24.6. The number of nitrogens with zero attached hydrogens (tertiary/aromatic N) is 1. The maximum absolute atomic E-state index is 12.7. The number of aryl methyl sites for hydroxylation is 1. The van der Waals surface area contributed by atoms with Gasteiger partial charge in [-0.25, -0.2) is 9.78 Å². The Morgan fingerprint density at radius 2 is 1.97 bits per heavy atom. The SMILES string of the molecule is CCCC[C@H](NC(=O)OCC1(Cc2nc(C)cs2)CCC1)C(O)C(=O)N[C@H](C)c1ccccc1. The second-order valence-corrected chi connectivity index (χ2v) is 10.4. The standard InChI is InChI=1S/C26H37N3O4S/c1-4-5-12-21(23(30)24(31)28-19(3)20-10-7-6-8-11-20)29-25(32)33-17-26(13-9-14-26)15-22-27-18(2)16-34-22/h6-8,10-11,16,19,21,23,30H,4-5,9,12-15,17H2,1-3H3,(H,28,31)(H,29,32)/t19-,21+,23?/m1/s1. The summed E-state index contributed by atoms with van der Waals surface area (Å²) in [6.45, 7) is 6.19. The normalized spacial score (nSPS) is 17.2. The highest BCUT2D eigenvalue weighted by atomic mass is 32.1. The maximum Gasteiger partial charge on any atom is 0.407 e. The minimum absolute atomic E-state index is 0.0678. The minimum atomic E-state index is -1.36. The zero-order valence-electron chi connectivity index (χ0n) is 20.4. The minimum Gasteiger partial charge on any atom is -0.449 e. The number of alkyl carbamates (subject to hydrolysis) is 1. The fraction of sp³-hybridized carbons (Fsp3) is 0.577. The van der Waals surface area contributed by atoms with E-state index in [1.165, 1.54) is 0 Å². The summed E-state index contributed by atoms with van der Waals surface area (Å²) in [5.74, 6) is -0.507. The second-order valence-electron chi connectivity index (χ2n) is 9.47. The molecule has 34 heavy (non-hydrogen) atoms. The summed E-state index contributed by atoms with van der Waals surface area (Å²) < 4.78 is 5.60. The van der Waals surface area contributed by atoms with E-state index in [1.807, 2.05) is 56.5 Å². The molecule has 0 saturated heterocycles. The molecule has 1 aliphatic rings. The van der Waals surface area contributed by atoms with Crippen LogP contribution in [0.15, 0.2) is 35.7 Å². The van der Waals surface area contributed by atoms with Crippen molar-refractivity contribution in [1.29, 1.82) is 0 Å². The van der Waals surface area contributed by atoms with E-state index in [0.29, 0.717) is 13.0 Å². The van der Waals surface area contributed by atoms with E-state index in [1.54, 1.807) is 11.3 Å². The number of aliphatic hydroxyl groups excluding tert-OH is 1. The van der Waals surface area contributed by atoms with Gasteiger partial charge in [0, 0.05) is 22.9 Å². The zero-order valence-corrected chi connectivity index (χ0v) is 21.2. The van der Waals surface area contributed by atoms with Crippen LogP contribution < -0.4 is 10.6 Å². The van der Waals surface area contributed by atoms with Crippen LogP contribution in [0.25, 0.3) is 0 Å². The van der Waals surface area contributed by atoms with Crippen LogP contribution in [-0.4, -0.2) is 40.8 Å². The highest BCUT2D eigenvalue weighted by Gasteiger charge is 2.39. The summed E-state index contributed by atoms with van der Waals surface area (Å²) in [7, 11) is 0.